The maximum absolute atomic E-state index is 12.3. The van der Waals surface area contributed by atoms with E-state index in [0.717, 1.165) is 17.9 Å². The molecular weight excluding hydrogens is 250 g/mol. The van der Waals surface area contributed by atoms with E-state index in [0.29, 0.717) is 5.56 Å². The molecule has 0 unspecified atom stereocenters. The van der Waals surface area contributed by atoms with E-state index in [1.165, 1.54) is 0 Å². The summed E-state index contributed by atoms with van der Waals surface area (Å²) in [5, 5.41) is 6.16. The molecule has 1 aromatic carbocycles. The van der Waals surface area contributed by atoms with Gasteiger partial charge in [0.05, 0.1) is 17.3 Å². The van der Waals surface area contributed by atoms with E-state index in [9.17, 15) is 4.79 Å². The van der Waals surface area contributed by atoms with Crippen LogP contribution in [0.25, 0.3) is 0 Å². The standard InChI is InChI=1S/C16H19N3O/c1-3-17-15-10-5-4-8-13(15)16(20)19-12(2)14-9-6-7-11-18-14/h4-12,17H,3H2,1-2H3,(H,19,20)/t12-/m0/s1. The van der Waals surface area contributed by atoms with Crippen molar-refractivity contribution in [2.75, 3.05) is 11.9 Å². The Morgan fingerprint density at radius 3 is 2.65 bits per heavy atom. The third-order valence-electron chi connectivity index (χ3n) is 3.02. The molecule has 0 fully saturated rings. The first kappa shape index (κ1) is 14.1. The van der Waals surface area contributed by atoms with Gasteiger partial charge in [-0.15, -0.1) is 0 Å². The molecular formula is C16H19N3O. The first-order chi connectivity index (χ1) is 9.72. The average Bonchev–Trinajstić information content (AvgIpc) is 2.49. The highest BCUT2D eigenvalue weighted by Crippen LogP contribution is 2.16. The SMILES string of the molecule is CCNc1ccccc1C(=O)N[C@@H](C)c1ccccn1. The lowest BCUT2D eigenvalue weighted by Gasteiger charge is -2.15. The fourth-order valence-electron chi connectivity index (χ4n) is 2.01. The van der Waals surface area contributed by atoms with Gasteiger partial charge in [0.15, 0.2) is 0 Å². The van der Waals surface area contributed by atoms with Crippen LogP contribution in [0, 0.1) is 0 Å². The Kier molecular flexibility index (Phi) is 4.71. The molecule has 0 bridgehead atoms. The van der Waals surface area contributed by atoms with Crippen molar-refractivity contribution in [3.05, 3.63) is 59.9 Å². The third kappa shape index (κ3) is 3.35. The molecule has 0 spiro atoms. The van der Waals surface area contributed by atoms with Crippen LogP contribution in [-0.2, 0) is 0 Å². The number of nitrogens with zero attached hydrogens (tertiary/aromatic N) is 1. The zero-order valence-electron chi connectivity index (χ0n) is 11.8. The van der Waals surface area contributed by atoms with Gasteiger partial charge < -0.3 is 10.6 Å². The lowest BCUT2D eigenvalue weighted by atomic mass is 10.1. The molecule has 0 saturated carbocycles. The van der Waals surface area contributed by atoms with Crippen molar-refractivity contribution >= 4 is 11.6 Å². The molecule has 1 atom stereocenters. The van der Waals surface area contributed by atoms with Crippen LogP contribution in [0.2, 0.25) is 0 Å². The predicted octanol–water partition coefficient (Wildman–Crippen LogP) is 3.00. The maximum atomic E-state index is 12.3. The number of pyridine rings is 1. The molecule has 4 nitrogen and oxygen atoms in total. The first-order valence-electron chi connectivity index (χ1n) is 6.77. The number of rotatable bonds is 5. The molecule has 1 aromatic heterocycles. The van der Waals surface area contributed by atoms with Gasteiger partial charge in [-0.1, -0.05) is 18.2 Å². The number of hydrogen-bond donors (Lipinski definition) is 2. The summed E-state index contributed by atoms with van der Waals surface area (Å²) in [5.41, 5.74) is 2.35. The molecule has 4 heteroatoms. The number of aromatic nitrogens is 1. The topological polar surface area (TPSA) is 54.0 Å². The zero-order chi connectivity index (χ0) is 14.4. The highest BCUT2D eigenvalue weighted by Gasteiger charge is 2.14. The quantitative estimate of drug-likeness (QED) is 0.877. The number of carbonyl (C=O) groups excluding carboxylic acids is 1. The summed E-state index contributed by atoms with van der Waals surface area (Å²) in [7, 11) is 0. The summed E-state index contributed by atoms with van der Waals surface area (Å²) in [5.74, 6) is -0.0975. The summed E-state index contributed by atoms with van der Waals surface area (Å²) in [4.78, 5) is 16.6. The largest absolute Gasteiger partial charge is 0.385 e. The van der Waals surface area contributed by atoms with Gasteiger partial charge in [-0.3, -0.25) is 9.78 Å². The van der Waals surface area contributed by atoms with Crippen molar-refractivity contribution in [2.45, 2.75) is 19.9 Å². The van der Waals surface area contributed by atoms with Crippen molar-refractivity contribution in [2.24, 2.45) is 0 Å². The van der Waals surface area contributed by atoms with E-state index in [1.54, 1.807) is 6.20 Å². The molecule has 0 saturated heterocycles. The van der Waals surface area contributed by atoms with E-state index in [1.807, 2.05) is 56.3 Å². The minimum atomic E-state index is -0.126. The summed E-state index contributed by atoms with van der Waals surface area (Å²) in [6.45, 7) is 4.71. The van der Waals surface area contributed by atoms with Crippen LogP contribution in [0.4, 0.5) is 5.69 Å². The molecule has 2 rings (SSSR count). The fraction of sp³-hybridized carbons (Fsp3) is 0.250. The zero-order valence-corrected chi connectivity index (χ0v) is 11.8. The molecule has 2 aromatic rings. The Bertz CT molecular complexity index is 569. The van der Waals surface area contributed by atoms with Crippen LogP contribution in [0.15, 0.2) is 48.7 Å². The smallest absolute Gasteiger partial charge is 0.253 e. The van der Waals surface area contributed by atoms with Gasteiger partial charge in [0.25, 0.3) is 5.91 Å². The van der Waals surface area contributed by atoms with Gasteiger partial charge in [0.1, 0.15) is 0 Å². The lowest BCUT2D eigenvalue weighted by Crippen LogP contribution is -2.27. The van der Waals surface area contributed by atoms with E-state index < -0.39 is 0 Å². The Balaban J connectivity index is 2.12. The Morgan fingerprint density at radius 1 is 1.20 bits per heavy atom. The number of amides is 1. The van der Waals surface area contributed by atoms with Crippen LogP contribution in [0.3, 0.4) is 0 Å². The van der Waals surface area contributed by atoms with Gasteiger partial charge in [-0.25, -0.2) is 0 Å². The highest BCUT2D eigenvalue weighted by atomic mass is 16.1. The molecule has 2 N–H and O–H groups in total. The van der Waals surface area contributed by atoms with Crippen LogP contribution >= 0.6 is 0 Å². The molecule has 104 valence electrons. The number of carbonyl (C=O) groups is 1. The predicted molar refractivity (Wildman–Crippen MR) is 80.7 cm³/mol. The van der Waals surface area contributed by atoms with E-state index in [-0.39, 0.29) is 11.9 Å². The van der Waals surface area contributed by atoms with E-state index in [4.69, 9.17) is 0 Å². The minimum Gasteiger partial charge on any atom is -0.385 e. The van der Waals surface area contributed by atoms with Gasteiger partial charge in [-0.2, -0.15) is 0 Å². The fourth-order valence-corrected chi connectivity index (χ4v) is 2.01. The van der Waals surface area contributed by atoms with Crippen LogP contribution < -0.4 is 10.6 Å². The van der Waals surface area contributed by atoms with E-state index >= 15 is 0 Å². The molecule has 1 heterocycles. The second kappa shape index (κ2) is 6.70. The van der Waals surface area contributed by atoms with E-state index in [2.05, 4.69) is 15.6 Å². The van der Waals surface area contributed by atoms with Crippen molar-refractivity contribution in [1.82, 2.24) is 10.3 Å². The number of anilines is 1. The number of hydrogen-bond acceptors (Lipinski definition) is 3. The van der Waals surface area contributed by atoms with Gasteiger partial charge in [-0.05, 0) is 38.1 Å². The van der Waals surface area contributed by atoms with Crippen LogP contribution in [0.1, 0.15) is 35.9 Å². The molecule has 0 aliphatic rings. The Labute approximate surface area is 119 Å². The Hall–Kier alpha value is -2.36. The van der Waals surface area contributed by atoms with Crippen molar-refractivity contribution < 1.29 is 4.79 Å². The Morgan fingerprint density at radius 2 is 1.95 bits per heavy atom. The van der Waals surface area contributed by atoms with Crippen molar-refractivity contribution in [3.63, 3.8) is 0 Å². The molecule has 0 radical (unpaired) electrons. The summed E-state index contributed by atoms with van der Waals surface area (Å²) >= 11 is 0. The molecule has 0 aliphatic heterocycles. The lowest BCUT2D eigenvalue weighted by molar-refractivity contribution is 0.0940. The maximum Gasteiger partial charge on any atom is 0.253 e. The van der Waals surface area contributed by atoms with Crippen LogP contribution in [-0.4, -0.2) is 17.4 Å². The van der Waals surface area contributed by atoms with Gasteiger partial charge >= 0.3 is 0 Å². The number of nitrogens with one attached hydrogen (secondary N) is 2. The molecule has 0 aliphatic carbocycles. The third-order valence-corrected chi connectivity index (χ3v) is 3.02. The number of para-hydroxylation sites is 1. The van der Waals surface area contributed by atoms with Crippen LogP contribution in [0.5, 0.6) is 0 Å². The van der Waals surface area contributed by atoms with Crippen molar-refractivity contribution in [3.8, 4) is 0 Å². The molecule has 20 heavy (non-hydrogen) atoms. The highest BCUT2D eigenvalue weighted by molar-refractivity contribution is 5.99. The second-order valence-electron chi connectivity index (χ2n) is 4.53. The summed E-state index contributed by atoms with van der Waals surface area (Å²) < 4.78 is 0. The van der Waals surface area contributed by atoms with Gasteiger partial charge in [0, 0.05) is 18.4 Å². The van der Waals surface area contributed by atoms with Crippen molar-refractivity contribution in [1.29, 1.82) is 0 Å². The monoisotopic (exact) mass is 269 g/mol. The summed E-state index contributed by atoms with van der Waals surface area (Å²) in [6, 6.07) is 13.1. The molecule has 1 amide bonds. The average molecular weight is 269 g/mol. The normalized spacial score (nSPS) is 11.7. The van der Waals surface area contributed by atoms with Gasteiger partial charge in [0.2, 0.25) is 0 Å². The second-order valence-corrected chi connectivity index (χ2v) is 4.53. The number of benzene rings is 1. The first-order valence-corrected chi connectivity index (χ1v) is 6.77. The minimum absolute atomic E-state index is 0.0975. The summed E-state index contributed by atoms with van der Waals surface area (Å²) in [6.07, 6.45) is 1.73.